The van der Waals surface area contributed by atoms with Crippen LogP contribution in [0.3, 0.4) is 0 Å². The summed E-state index contributed by atoms with van der Waals surface area (Å²) in [6.45, 7) is 1.29. The molecule has 0 unspecified atom stereocenters. The van der Waals surface area contributed by atoms with Gasteiger partial charge in [0.05, 0.1) is 18.9 Å². The smallest absolute Gasteiger partial charge is 0.157 e. The molecule has 0 aliphatic heterocycles. The fourth-order valence-electron chi connectivity index (χ4n) is 1.48. The van der Waals surface area contributed by atoms with E-state index in [1.807, 2.05) is 0 Å². The maximum atomic E-state index is 13.4. The summed E-state index contributed by atoms with van der Waals surface area (Å²) >= 11 is 0. The summed E-state index contributed by atoms with van der Waals surface area (Å²) in [5.41, 5.74) is 5.92. The average molecular weight is 272 g/mol. The molecular weight excluding hydrogens is 257 g/mol. The summed E-state index contributed by atoms with van der Waals surface area (Å²) in [7, 11) is 0. The van der Waals surface area contributed by atoms with Gasteiger partial charge in [-0.3, -0.25) is 4.68 Å². The minimum atomic E-state index is -0.229. The lowest BCUT2D eigenvalue weighted by molar-refractivity contribution is 0.328. The van der Waals surface area contributed by atoms with Crippen molar-refractivity contribution in [3.8, 4) is 5.75 Å². The number of halogens is 2. The van der Waals surface area contributed by atoms with Gasteiger partial charge < -0.3 is 10.5 Å². The van der Waals surface area contributed by atoms with Gasteiger partial charge in [-0.15, -0.1) is 12.4 Å². The molecule has 18 heavy (non-hydrogen) atoms. The van der Waals surface area contributed by atoms with Gasteiger partial charge in [0.15, 0.2) is 5.75 Å². The summed E-state index contributed by atoms with van der Waals surface area (Å²) in [6.07, 6.45) is 3.32. The molecule has 1 aromatic carbocycles. The molecule has 0 radical (unpaired) electrons. The number of nitrogens with two attached hydrogens (primary N) is 1. The van der Waals surface area contributed by atoms with E-state index in [1.54, 1.807) is 35.3 Å². The number of benzene rings is 1. The zero-order chi connectivity index (χ0) is 12.1. The lowest BCUT2D eigenvalue weighted by Gasteiger charge is -2.03. The molecule has 0 fully saturated rings. The van der Waals surface area contributed by atoms with Crippen LogP contribution in [0, 0.1) is 5.82 Å². The van der Waals surface area contributed by atoms with E-state index in [9.17, 15) is 4.39 Å². The summed E-state index contributed by atoms with van der Waals surface area (Å²) in [5.74, 6) is 0.416. The maximum Gasteiger partial charge on any atom is 0.157 e. The van der Waals surface area contributed by atoms with Crippen molar-refractivity contribution in [1.82, 2.24) is 9.78 Å². The number of rotatable bonds is 5. The van der Waals surface area contributed by atoms with Crippen molar-refractivity contribution in [3.63, 3.8) is 0 Å². The highest BCUT2D eigenvalue weighted by Crippen LogP contribution is 2.12. The number of hydrogen-bond donors (Lipinski definition) is 1. The van der Waals surface area contributed by atoms with Crippen LogP contribution in [0.2, 0.25) is 0 Å². The molecule has 0 spiro atoms. The van der Waals surface area contributed by atoms with E-state index in [1.165, 1.54) is 6.07 Å². The molecule has 0 aliphatic rings. The first-order valence-corrected chi connectivity index (χ1v) is 5.38. The SMILES string of the molecule is Cl.NCCOc1cnn(Cc2ccccc2F)c1. The van der Waals surface area contributed by atoms with Gasteiger partial charge >= 0.3 is 0 Å². The summed E-state index contributed by atoms with van der Waals surface area (Å²) in [5, 5.41) is 4.09. The standard InChI is InChI=1S/C12H14FN3O.ClH/c13-12-4-2-1-3-10(12)8-16-9-11(7-15-16)17-6-5-14;/h1-4,7,9H,5-6,8,14H2;1H. The third kappa shape index (κ3) is 3.72. The van der Waals surface area contributed by atoms with Crippen LogP contribution in [-0.2, 0) is 6.54 Å². The van der Waals surface area contributed by atoms with Crippen LogP contribution in [0.15, 0.2) is 36.7 Å². The van der Waals surface area contributed by atoms with Crippen LogP contribution in [0.1, 0.15) is 5.56 Å². The third-order valence-corrected chi connectivity index (χ3v) is 2.29. The normalized spacial score (nSPS) is 9.89. The second kappa shape index (κ2) is 6.98. The molecule has 4 nitrogen and oxygen atoms in total. The molecule has 98 valence electrons. The van der Waals surface area contributed by atoms with E-state index >= 15 is 0 Å². The monoisotopic (exact) mass is 271 g/mol. The van der Waals surface area contributed by atoms with Crippen LogP contribution < -0.4 is 10.5 Å². The van der Waals surface area contributed by atoms with E-state index in [2.05, 4.69) is 5.10 Å². The first-order valence-electron chi connectivity index (χ1n) is 5.38. The molecule has 2 rings (SSSR count). The molecule has 1 aromatic heterocycles. The van der Waals surface area contributed by atoms with Crippen LogP contribution >= 0.6 is 12.4 Å². The van der Waals surface area contributed by atoms with Gasteiger partial charge in [0.25, 0.3) is 0 Å². The molecule has 2 N–H and O–H groups in total. The molecule has 2 aromatic rings. The predicted octanol–water partition coefficient (Wildman–Crippen LogP) is 1.83. The highest BCUT2D eigenvalue weighted by molar-refractivity contribution is 5.85. The van der Waals surface area contributed by atoms with Crippen molar-refractivity contribution in [3.05, 3.63) is 48.0 Å². The van der Waals surface area contributed by atoms with E-state index in [-0.39, 0.29) is 18.2 Å². The first kappa shape index (κ1) is 14.5. The van der Waals surface area contributed by atoms with Crippen molar-refractivity contribution in [2.24, 2.45) is 5.73 Å². The van der Waals surface area contributed by atoms with Gasteiger partial charge in [-0.2, -0.15) is 5.10 Å². The van der Waals surface area contributed by atoms with Crippen LogP contribution in [0.5, 0.6) is 5.75 Å². The number of aromatic nitrogens is 2. The summed E-state index contributed by atoms with van der Waals surface area (Å²) in [6, 6.07) is 6.63. The Hall–Kier alpha value is -1.59. The molecule has 0 amide bonds. The van der Waals surface area contributed by atoms with Crippen molar-refractivity contribution >= 4 is 12.4 Å². The summed E-state index contributed by atoms with van der Waals surface area (Å²) in [4.78, 5) is 0. The summed E-state index contributed by atoms with van der Waals surface area (Å²) < 4.78 is 20.3. The topological polar surface area (TPSA) is 53.1 Å². The van der Waals surface area contributed by atoms with Crippen LogP contribution in [-0.4, -0.2) is 22.9 Å². The van der Waals surface area contributed by atoms with Crippen molar-refractivity contribution in [1.29, 1.82) is 0 Å². The number of ether oxygens (including phenoxy) is 1. The van der Waals surface area contributed by atoms with Gasteiger partial charge in [0.1, 0.15) is 12.4 Å². The minimum absolute atomic E-state index is 0. The molecular formula is C12H15ClFN3O. The van der Waals surface area contributed by atoms with Crippen LogP contribution in [0.4, 0.5) is 4.39 Å². The Kier molecular flexibility index (Phi) is 5.61. The maximum absolute atomic E-state index is 13.4. The zero-order valence-corrected chi connectivity index (χ0v) is 10.6. The van der Waals surface area contributed by atoms with E-state index in [0.717, 1.165) is 0 Å². The number of hydrogen-bond acceptors (Lipinski definition) is 3. The average Bonchev–Trinajstić information content (AvgIpc) is 2.77. The van der Waals surface area contributed by atoms with Gasteiger partial charge in [-0.1, -0.05) is 18.2 Å². The minimum Gasteiger partial charge on any atom is -0.489 e. The zero-order valence-electron chi connectivity index (χ0n) is 9.75. The largest absolute Gasteiger partial charge is 0.489 e. The Morgan fingerprint density at radius 1 is 1.33 bits per heavy atom. The molecule has 0 atom stereocenters. The van der Waals surface area contributed by atoms with E-state index in [4.69, 9.17) is 10.5 Å². The van der Waals surface area contributed by atoms with Gasteiger partial charge in [0, 0.05) is 12.1 Å². The van der Waals surface area contributed by atoms with Gasteiger partial charge in [-0.05, 0) is 6.07 Å². The second-order valence-corrected chi connectivity index (χ2v) is 3.60. The fraction of sp³-hybridized carbons (Fsp3) is 0.250. The van der Waals surface area contributed by atoms with Crippen molar-refractivity contribution in [2.45, 2.75) is 6.54 Å². The highest BCUT2D eigenvalue weighted by Gasteiger charge is 2.03. The Balaban J connectivity index is 0.00000162. The molecule has 1 heterocycles. The lowest BCUT2D eigenvalue weighted by atomic mass is 10.2. The van der Waals surface area contributed by atoms with Gasteiger partial charge in [0.2, 0.25) is 0 Å². The fourth-order valence-corrected chi connectivity index (χ4v) is 1.48. The van der Waals surface area contributed by atoms with E-state index < -0.39 is 0 Å². The molecule has 0 saturated heterocycles. The first-order chi connectivity index (χ1) is 8.29. The molecule has 0 aliphatic carbocycles. The quantitative estimate of drug-likeness (QED) is 0.903. The highest BCUT2D eigenvalue weighted by atomic mass is 35.5. The number of nitrogens with zero attached hydrogens (tertiary/aromatic N) is 2. The van der Waals surface area contributed by atoms with Crippen molar-refractivity contribution < 1.29 is 9.13 Å². The van der Waals surface area contributed by atoms with E-state index in [0.29, 0.717) is 31.0 Å². The Morgan fingerprint density at radius 3 is 2.83 bits per heavy atom. The Bertz CT molecular complexity index is 490. The Morgan fingerprint density at radius 2 is 2.11 bits per heavy atom. The van der Waals surface area contributed by atoms with Crippen LogP contribution in [0.25, 0.3) is 0 Å². The Labute approximate surface area is 111 Å². The van der Waals surface area contributed by atoms with Crippen molar-refractivity contribution in [2.75, 3.05) is 13.2 Å². The van der Waals surface area contributed by atoms with Gasteiger partial charge in [-0.25, -0.2) is 4.39 Å². The lowest BCUT2D eigenvalue weighted by Crippen LogP contribution is -2.10. The molecule has 0 saturated carbocycles. The molecule has 6 heteroatoms. The predicted molar refractivity (Wildman–Crippen MR) is 69.5 cm³/mol. The second-order valence-electron chi connectivity index (χ2n) is 3.60. The third-order valence-electron chi connectivity index (χ3n) is 2.29. The molecule has 0 bridgehead atoms.